The van der Waals surface area contributed by atoms with Crippen molar-refractivity contribution < 1.29 is 29.3 Å². The Morgan fingerprint density at radius 1 is 1.33 bits per heavy atom. The van der Waals surface area contributed by atoms with Crippen LogP contribution in [0.4, 0.5) is 0 Å². The molecule has 6 heteroatoms. The first-order valence-corrected chi connectivity index (χ1v) is 11.1. The third-order valence-corrected chi connectivity index (χ3v) is 8.31. The topological polar surface area (TPSA) is 93.1 Å². The summed E-state index contributed by atoms with van der Waals surface area (Å²) >= 11 is 0. The van der Waals surface area contributed by atoms with Gasteiger partial charge in [0.2, 0.25) is 0 Å². The summed E-state index contributed by atoms with van der Waals surface area (Å²) in [4.78, 5) is 24.0. The van der Waals surface area contributed by atoms with Gasteiger partial charge < -0.3 is 19.7 Å². The fourth-order valence-electron chi connectivity index (χ4n) is 5.79. The van der Waals surface area contributed by atoms with Gasteiger partial charge in [-0.15, -0.1) is 0 Å². The average Bonchev–Trinajstić information content (AvgIpc) is 3.12. The second kappa shape index (κ2) is 8.46. The van der Waals surface area contributed by atoms with E-state index in [4.69, 9.17) is 9.47 Å². The van der Waals surface area contributed by atoms with Gasteiger partial charge in [0, 0.05) is 11.6 Å². The molecule has 0 aromatic carbocycles. The summed E-state index contributed by atoms with van der Waals surface area (Å²) < 4.78 is 11.0. The number of hydrogen-bond donors (Lipinski definition) is 2. The van der Waals surface area contributed by atoms with Crippen molar-refractivity contribution in [1.82, 2.24) is 0 Å². The predicted molar refractivity (Wildman–Crippen MR) is 112 cm³/mol. The Kier molecular flexibility index (Phi) is 6.49. The van der Waals surface area contributed by atoms with Crippen LogP contribution in [0.3, 0.4) is 0 Å². The monoisotopic (exact) mass is 420 g/mol. The molecular formula is C24H36O6. The molecule has 2 saturated carbocycles. The van der Waals surface area contributed by atoms with E-state index in [0.717, 1.165) is 24.8 Å². The smallest absolute Gasteiger partial charge is 0.333 e. The van der Waals surface area contributed by atoms with Crippen LogP contribution in [-0.4, -0.2) is 46.6 Å². The molecule has 7 atom stereocenters. The number of carbonyl (C=O) groups is 2. The number of esters is 2. The number of fused-ring (bicyclic) bond motifs is 1. The summed E-state index contributed by atoms with van der Waals surface area (Å²) in [5.74, 6) is -0.508. The van der Waals surface area contributed by atoms with Crippen molar-refractivity contribution >= 4 is 11.9 Å². The van der Waals surface area contributed by atoms with Gasteiger partial charge in [-0.1, -0.05) is 19.9 Å². The quantitative estimate of drug-likeness (QED) is 0.524. The van der Waals surface area contributed by atoms with Crippen LogP contribution >= 0.6 is 0 Å². The lowest BCUT2D eigenvalue weighted by Crippen LogP contribution is -2.62. The lowest BCUT2D eigenvalue weighted by atomic mass is 9.48. The third kappa shape index (κ3) is 4.09. The molecule has 0 saturated heterocycles. The lowest BCUT2D eigenvalue weighted by Gasteiger charge is -2.59. The molecule has 7 unspecified atom stereocenters. The zero-order valence-corrected chi connectivity index (χ0v) is 18.8. The minimum absolute atomic E-state index is 0.0806. The maximum absolute atomic E-state index is 12.5. The molecule has 2 N–H and O–H groups in total. The first-order valence-electron chi connectivity index (χ1n) is 11.1. The van der Waals surface area contributed by atoms with E-state index < -0.39 is 11.7 Å². The Morgan fingerprint density at radius 2 is 2.03 bits per heavy atom. The molecule has 3 rings (SSSR count). The van der Waals surface area contributed by atoms with E-state index in [0.29, 0.717) is 25.0 Å². The zero-order valence-electron chi connectivity index (χ0n) is 18.8. The second-order valence-corrected chi connectivity index (χ2v) is 9.89. The molecule has 2 aliphatic carbocycles. The van der Waals surface area contributed by atoms with Crippen molar-refractivity contribution in [2.45, 2.75) is 84.5 Å². The molecule has 0 aromatic rings. The SMILES string of the molecule is C/C=C(/C)C(=O)OC1CC2C(CCC(O)C2(C)O)C(C)(CCC2=CC(=O)OC2)C1C. The number of ether oxygens (including phenoxy) is 2. The van der Waals surface area contributed by atoms with E-state index in [9.17, 15) is 19.8 Å². The minimum atomic E-state index is -1.23. The van der Waals surface area contributed by atoms with E-state index in [1.807, 2.05) is 6.92 Å². The Morgan fingerprint density at radius 3 is 2.63 bits per heavy atom. The van der Waals surface area contributed by atoms with E-state index in [-0.39, 0.29) is 41.2 Å². The molecule has 0 amide bonds. The second-order valence-electron chi connectivity index (χ2n) is 9.89. The van der Waals surface area contributed by atoms with Crippen LogP contribution in [0.15, 0.2) is 23.3 Å². The van der Waals surface area contributed by atoms with Crippen LogP contribution < -0.4 is 0 Å². The van der Waals surface area contributed by atoms with Crippen molar-refractivity contribution in [2.24, 2.45) is 23.2 Å². The highest BCUT2D eigenvalue weighted by Crippen LogP contribution is 2.59. The summed E-state index contributed by atoms with van der Waals surface area (Å²) in [6, 6.07) is 0. The Balaban J connectivity index is 1.89. The van der Waals surface area contributed by atoms with Crippen molar-refractivity contribution in [1.29, 1.82) is 0 Å². The molecule has 0 radical (unpaired) electrons. The van der Waals surface area contributed by atoms with E-state index in [1.165, 1.54) is 0 Å². The number of aliphatic hydroxyl groups excluding tert-OH is 1. The predicted octanol–water partition coefficient (Wildman–Crippen LogP) is 3.31. The zero-order chi connectivity index (χ0) is 22.3. The normalized spacial score (nSPS) is 41.7. The van der Waals surface area contributed by atoms with Crippen LogP contribution in [0.1, 0.15) is 66.7 Å². The van der Waals surface area contributed by atoms with Gasteiger partial charge in [0.15, 0.2) is 0 Å². The molecule has 1 aliphatic heterocycles. The average molecular weight is 421 g/mol. The van der Waals surface area contributed by atoms with Gasteiger partial charge in [0.1, 0.15) is 12.7 Å². The van der Waals surface area contributed by atoms with Gasteiger partial charge in [-0.3, -0.25) is 0 Å². The maximum atomic E-state index is 12.5. The number of carbonyl (C=O) groups excluding carboxylic acids is 2. The third-order valence-electron chi connectivity index (χ3n) is 8.31. The van der Waals surface area contributed by atoms with Crippen molar-refractivity contribution in [3.05, 3.63) is 23.3 Å². The number of rotatable bonds is 5. The summed E-state index contributed by atoms with van der Waals surface area (Å²) in [6.07, 6.45) is 5.65. The molecule has 0 bridgehead atoms. The maximum Gasteiger partial charge on any atom is 0.333 e. The summed E-state index contributed by atoms with van der Waals surface area (Å²) in [7, 11) is 0. The summed E-state index contributed by atoms with van der Waals surface area (Å²) in [5, 5.41) is 21.7. The highest BCUT2D eigenvalue weighted by Gasteiger charge is 2.59. The Labute approximate surface area is 179 Å². The van der Waals surface area contributed by atoms with Gasteiger partial charge in [-0.2, -0.15) is 0 Å². The molecular weight excluding hydrogens is 384 g/mol. The standard InChI is InChI=1S/C24H36O6/c1-6-14(2)22(27)30-19-12-18-17(7-8-20(25)24(18,5)28)23(4,15(19)3)10-9-16-11-21(26)29-13-16/h6,11,15,17-20,25,28H,7-10,12-13H2,1-5H3/b14-6-. The molecule has 168 valence electrons. The van der Waals surface area contributed by atoms with Gasteiger partial charge in [-0.05, 0) is 81.6 Å². The first kappa shape index (κ1) is 23.0. The van der Waals surface area contributed by atoms with Gasteiger partial charge in [0.05, 0.1) is 11.7 Å². The Hall–Kier alpha value is -1.66. The number of aliphatic hydroxyl groups is 2. The fourth-order valence-corrected chi connectivity index (χ4v) is 5.79. The van der Waals surface area contributed by atoms with Crippen LogP contribution in [0.5, 0.6) is 0 Å². The van der Waals surface area contributed by atoms with Crippen LogP contribution in [-0.2, 0) is 19.1 Å². The molecule has 1 heterocycles. The Bertz CT molecular complexity index is 751. The van der Waals surface area contributed by atoms with Gasteiger partial charge in [0.25, 0.3) is 0 Å². The van der Waals surface area contributed by atoms with Gasteiger partial charge in [-0.25, -0.2) is 9.59 Å². The summed E-state index contributed by atoms with van der Waals surface area (Å²) in [5.41, 5.74) is 0.106. The molecule has 6 nitrogen and oxygen atoms in total. The van der Waals surface area contributed by atoms with Crippen molar-refractivity contribution in [2.75, 3.05) is 6.61 Å². The van der Waals surface area contributed by atoms with Crippen LogP contribution in [0, 0.1) is 23.2 Å². The van der Waals surface area contributed by atoms with E-state index in [1.54, 1.807) is 26.0 Å². The van der Waals surface area contributed by atoms with E-state index >= 15 is 0 Å². The molecule has 0 aromatic heterocycles. The minimum Gasteiger partial charge on any atom is -0.459 e. The van der Waals surface area contributed by atoms with Gasteiger partial charge >= 0.3 is 11.9 Å². The number of hydrogen-bond acceptors (Lipinski definition) is 6. The fraction of sp³-hybridized carbons (Fsp3) is 0.750. The van der Waals surface area contributed by atoms with E-state index in [2.05, 4.69) is 13.8 Å². The molecule has 0 spiro atoms. The highest BCUT2D eigenvalue weighted by atomic mass is 16.5. The van der Waals surface area contributed by atoms with Crippen molar-refractivity contribution in [3.63, 3.8) is 0 Å². The van der Waals surface area contributed by atoms with Crippen LogP contribution in [0.25, 0.3) is 0 Å². The van der Waals surface area contributed by atoms with Crippen molar-refractivity contribution in [3.8, 4) is 0 Å². The van der Waals surface area contributed by atoms with Crippen LogP contribution in [0.2, 0.25) is 0 Å². The molecule has 30 heavy (non-hydrogen) atoms. The first-order chi connectivity index (χ1) is 14.0. The molecule has 2 fully saturated rings. The lowest BCUT2D eigenvalue weighted by molar-refractivity contribution is -0.213. The largest absolute Gasteiger partial charge is 0.459 e. The molecule has 3 aliphatic rings. The highest BCUT2D eigenvalue weighted by molar-refractivity contribution is 5.87. The summed E-state index contributed by atoms with van der Waals surface area (Å²) in [6.45, 7) is 9.94. The number of allylic oxidation sites excluding steroid dienone is 1. The number of cyclic esters (lactones) is 1.